The number of nitrogens with zero attached hydrogens (tertiary/aromatic N) is 3. The Morgan fingerprint density at radius 2 is 2.35 bits per heavy atom. The Hall–Kier alpha value is -1.50. The fourth-order valence-electron chi connectivity index (χ4n) is 3.58. The van der Waals surface area contributed by atoms with E-state index in [4.69, 9.17) is 9.47 Å². The lowest BCUT2D eigenvalue weighted by Crippen LogP contribution is -2.51. The molecule has 3 atom stereocenters. The van der Waals surface area contributed by atoms with Gasteiger partial charge in [-0.3, -0.25) is 4.90 Å². The predicted octanol–water partition coefficient (Wildman–Crippen LogP) is 2.66. The highest BCUT2D eigenvalue weighted by molar-refractivity contribution is 7.09. The first-order chi connectivity index (χ1) is 11.3. The smallest absolute Gasteiger partial charge is 0.213 e. The summed E-state index contributed by atoms with van der Waals surface area (Å²) in [6.07, 6.45) is 4.10. The minimum atomic E-state index is 0.0925. The van der Waals surface area contributed by atoms with Crippen molar-refractivity contribution in [3.63, 3.8) is 0 Å². The average Bonchev–Trinajstić information content (AvgIpc) is 3.16. The second kappa shape index (κ2) is 6.55. The third-order valence-electron chi connectivity index (χ3n) is 4.59. The monoisotopic (exact) mass is 331 g/mol. The molecular formula is C17H21N3O2S. The molecule has 4 rings (SSSR count). The third-order valence-corrected chi connectivity index (χ3v) is 5.41. The van der Waals surface area contributed by atoms with E-state index in [0.717, 1.165) is 37.5 Å². The van der Waals surface area contributed by atoms with E-state index in [9.17, 15) is 0 Å². The Kier molecular flexibility index (Phi) is 4.29. The molecule has 1 aliphatic carbocycles. The quantitative estimate of drug-likeness (QED) is 0.862. The van der Waals surface area contributed by atoms with E-state index in [2.05, 4.69) is 27.2 Å². The van der Waals surface area contributed by atoms with E-state index in [1.54, 1.807) is 17.5 Å². The zero-order valence-electron chi connectivity index (χ0n) is 13.2. The number of ether oxygens (including phenoxy) is 2. The predicted molar refractivity (Wildman–Crippen MR) is 88.7 cm³/mol. The van der Waals surface area contributed by atoms with Gasteiger partial charge in [0.25, 0.3) is 0 Å². The van der Waals surface area contributed by atoms with Gasteiger partial charge >= 0.3 is 0 Å². The molecule has 2 aromatic rings. The Balaban J connectivity index is 1.43. The van der Waals surface area contributed by atoms with Crippen LogP contribution in [0.2, 0.25) is 0 Å². The van der Waals surface area contributed by atoms with Crippen LogP contribution in [0, 0.1) is 6.92 Å². The minimum absolute atomic E-state index is 0.0925. The largest absolute Gasteiger partial charge is 0.472 e. The minimum Gasteiger partial charge on any atom is -0.472 e. The number of pyridine rings is 1. The molecule has 5 nitrogen and oxygen atoms in total. The molecule has 0 unspecified atom stereocenters. The van der Waals surface area contributed by atoms with Crippen molar-refractivity contribution >= 4 is 11.3 Å². The van der Waals surface area contributed by atoms with Gasteiger partial charge in [-0.1, -0.05) is 6.07 Å². The highest BCUT2D eigenvalue weighted by Gasteiger charge is 2.44. The summed E-state index contributed by atoms with van der Waals surface area (Å²) in [7, 11) is 0. The standard InChI is InChI=1S/C17H21N3O2S/c1-12-19-13(11-23-12)10-20-8-9-21-17-14(20)5-6-15(17)22-16-4-2-3-7-18-16/h2-4,7,11,14-15,17H,5-6,8-10H2,1H3/t14-,15+,17+/m1/s1. The van der Waals surface area contributed by atoms with Gasteiger partial charge in [0.2, 0.25) is 5.88 Å². The molecule has 2 aromatic heterocycles. The molecule has 3 heterocycles. The van der Waals surface area contributed by atoms with Crippen molar-refractivity contribution < 1.29 is 9.47 Å². The third kappa shape index (κ3) is 3.24. The lowest BCUT2D eigenvalue weighted by molar-refractivity contribution is -0.0924. The van der Waals surface area contributed by atoms with Gasteiger partial charge in [-0.25, -0.2) is 9.97 Å². The number of thiazole rings is 1. The van der Waals surface area contributed by atoms with Crippen molar-refractivity contribution in [3.05, 3.63) is 40.5 Å². The molecule has 23 heavy (non-hydrogen) atoms. The molecular weight excluding hydrogens is 310 g/mol. The van der Waals surface area contributed by atoms with Crippen molar-refractivity contribution in [2.24, 2.45) is 0 Å². The van der Waals surface area contributed by atoms with Gasteiger partial charge in [0, 0.05) is 36.8 Å². The summed E-state index contributed by atoms with van der Waals surface area (Å²) < 4.78 is 12.1. The molecule has 0 spiro atoms. The normalized spacial score (nSPS) is 27.8. The summed E-state index contributed by atoms with van der Waals surface area (Å²) in [5.74, 6) is 0.689. The first kappa shape index (κ1) is 15.1. The van der Waals surface area contributed by atoms with Gasteiger partial charge < -0.3 is 9.47 Å². The van der Waals surface area contributed by atoms with Gasteiger partial charge in [0.15, 0.2) is 0 Å². The second-order valence-corrected chi connectivity index (χ2v) is 7.19. The molecule has 1 saturated carbocycles. The Bertz CT molecular complexity index is 648. The van der Waals surface area contributed by atoms with Crippen LogP contribution in [0.15, 0.2) is 29.8 Å². The van der Waals surface area contributed by atoms with Crippen molar-refractivity contribution in [3.8, 4) is 5.88 Å². The maximum absolute atomic E-state index is 6.07. The van der Waals surface area contributed by atoms with E-state index < -0.39 is 0 Å². The van der Waals surface area contributed by atoms with Crippen LogP contribution in [0.3, 0.4) is 0 Å². The summed E-state index contributed by atoms with van der Waals surface area (Å²) >= 11 is 1.72. The number of aromatic nitrogens is 2. The number of fused-ring (bicyclic) bond motifs is 1. The molecule has 122 valence electrons. The summed E-state index contributed by atoms with van der Waals surface area (Å²) in [6, 6.07) is 6.18. The van der Waals surface area contributed by atoms with Crippen LogP contribution in [0.5, 0.6) is 5.88 Å². The molecule has 2 fully saturated rings. The Labute approximate surface area is 140 Å². The van der Waals surface area contributed by atoms with E-state index in [-0.39, 0.29) is 12.2 Å². The summed E-state index contributed by atoms with van der Waals surface area (Å²) in [4.78, 5) is 11.4. The first-order valence-electron chi connectivity index (χ1n) is 8.14. The van der Waals surface area contributed by atoms with Crippen molar-refractivity contribution in [2.75, 3.05) is 13.2 Å². The molecule has 2 aliphatic rings. The fourth-order valence-corrected chi connectivity index (χ4v) is 4.18. The summed E-state index contributed by atoms with van der Waals surface area (Å²) in [6.45, 7) is 4.69. The lowest BCUT2D eigenvalue weighted by atomic mass is 10.1. The SMILES string of the molecule is Cc1nc(CN2CCO[C@@H]3[C@@H](Oc4ccccn4)CC[C@H]32)cs1. The Morgan fingerprint density at radius 1 is 1.39 bits per heavy atom. The van der Waals surface area contributed by atoms with Crippen LogP contribution in [-0.4, -0.2) is 46.3 Å². The van der Waals surface area contributed by atoms with Crippen LogP contribution in [-0.2, 0) is 11.3 Å². The number of morpholine rings is 1. The molecule has 0 aromatic carbocycles. The highest BCUT2D eigenvalue weighted by atomic mass is 32.1. The molecule has 1 aliphatic heterocycles. The van der Waals surface area contributed by atoms with Gasteiger partial charge in [-0.2, -0.15) is 0 Å². The number of aryl methyl sites for hydroxylation is 1. The van der Waals surface area contributed by atoms with Gasteiger partial charge in [0.1, 0.15) is 12.2 Å². The number of rotatable bonds is 4. The first-order valence-corrected chi connectivity index (χ1v) is 9.02. The van der Waals surface area contributed by atoms with Gasteiger partial charge in [-0.05, 0) is 25.8 Å². The van der Waals surface area contributed by atoms with E-state index in [1.807, 2.05) is 18.2 Å². The number of hydrogen-bond acceptors (Lipinski definition) is 6. The van der Waals surface area contributed by atoms with E-state index >= 15 is 0 Å². The van der Waals surface area contributed by atoms with Gasteiger partial charge in [-0.15, -0.1) is 11.3 Å². The molecule has 0 amide bonds. The molecule has 0 bridgehead atoms. The number of hydrogen-bond donors (Lipinski definition) is 0. The van der Waals surface area contributed by atoms with E-state index in [0.29, 0.717) is 11.9 Å². The molecule has 0 radical (unpaired) electrons. The van der Waals surface area contributed by atoms with Crippen molar-refractivity contribution in [1.82, 2.24) is 14.9 Å². The molecule has 0 N–H and O–H groups in total. The fraction of sp³-hybridized carbons (Fsp3) is 0.529. The Morgan fingerprint density at radius 3 is 3.13 bits per heavy atom. The highest BCUT2D eigenvalue weighted by Crippen LogP contribution is 2.33. The maximum atomic E-state index is 6.07. The molecule has 1 saturated heterocycles. The molecule has 6 heteroatoms. The lowest BCUT2D eigenvalue weighted by Gasteiger charge is -2.38. The van der Waals surface area contributed by atoms with Crippen LogP contribution >= 0.6 is 11.3 Å². The average molecular weight is 331 g/mol. The van der Waals surface area contributed by atoms with Crippen LogP contribution < -0.4 is 4.74 Å². The summed E-state index contributed by atoms with van der Waals surface area (Å²) in [5, 5.41) is 3.30. The topological polar surface area (TPSA) is 47.5 Å². The maximum Gasteiger partial charge on any atom is 0.213 e. The van der Waals surface area contributed by atoms with Crippen molar-refractivity contribution in [2.45, 2.75) is 44.6 Å². The van der Waals surface area contributed by atoms with Crippen LogP contribution in [0.25, 0.3) is 0 Å². The van der Waals surface area contributed by atoms with Crippen LogP contribution in [0.1, 0.15) is 23.5 Å². The van der Waals surface area contributed by atoms with Gasteiger partial charge in [0.05, 0.1) is 17.3 Å². The van der Waals surface area contributed by atoms with E-state index in [1.165, 1.54) is 5.69 Å². The zero-order chi connectivity index (χ0) is 15.6. The second-order valence-electron chi connectivity index (χ2n) is 6.13. The summed E-state index contributed by atoms with van der Waals surface area (Å²) in [5.41, 5.74) is 1.17. The van der Waals surface area contributed by atoms with Crippen LogP contribution in [0.4, 0.5) is 0 Å². The zero-order valence-corrected chi connectivity index (χ0v) is 14.0. The van der Waals surface area contributed by atoms with Crippen molar-refractivity contribution in [1.29, 1.82) is 0 Å².